The zero-order valence-corrected chi connectivity index (χ0v) is 16.3. The summed E-state index contributed by atoms with van der Waals surface area (Å²) in [4.78, 5) is 12.6. The van der Waals surface area contributed by atoms with Crippen LogP contribution in [0.3, 0.4) is 0 Å². The Hall–Kier alpha value is -2.54. The summed E-state index contributed by atoms with van der Waals surface area (Å²) >= 11 is 0. The van der Waals surface area contributed by atoms with Crippen molar-refractivity contribution in [2.24, 2.45) is 0 Å². The number of benzene rings is 2. The van der Waals surface area contributed by atoms with Crippen molar-refractivity contribution >= 4 is 21.6 Å². The topological polar surface area (TPSA) is 75.7 Å². The molecule has 0 aromatic heterocycles. The molecule has 7 heteroatoms. The van der Waals surface area contributed by atoms with Crippen LogP contribution >= 0.6 is 0 Å². The lowest BCUT2D eigenvalue weighted by Crippen LogP contribution is -2.42. The lowest BCUT2D eigenvalue weighted by Gasteiger charge is -2.28. The number of fused-ring (bicyclic) bond motifs is 1. The van der Waals surface area contributed by atoms with Crippen LogP contribution in [0, 0.1) is 0 Å². The average molecular weight is 388 g/mol. The van der Waals surface area contributed by atoms with Crippen molar-refractivity contribution in [1.82, 2.24) is 5.32 Å². The predicted molar refractivity (Wildman–Crippen MR) is 105 cm³/mol. The Bertz CT molecular complexity index is 913. The number of para-hydroxylation sites is 1. The van der Waals surface area contributed by atoms with Gasteiger partial charge >= 0.3 is 0 Å². The van der Waals surface area contributed by atoms with Crippen molar-refractivity contribution in [2.45, 2.75) is 25.3 Å². The molecule has 0 aliphatic heterocycles. The van der Waals surface area contributed by atoms with E-state index in [1.165, 1.54) is 0 Å². The van der Waals surface area contributed by atoms with Crippen molar-refractivity contribution in [3.8, 4) is 5.75 Å². The van der Waals surface area contributed by atoms with Gasteiger partial charge in [0, 0.05) is 0 Å². The van der Waals surface area contributed by atoms with E-state index in [1.807, 2.05) is 18.2 Å². The molecule has 1 aliphatic rings. The first-order valence-corrected chi connectivity index (χ1v) is 10.7. The maximum Gasteiger partial charge on any atom is 0.241 e. The highest BCUT2D eigenvalue weighted by Gasteiger charge is 2.25. The normalized spacial score (nSPS) is 16.3. The van der Waals surface area contributed by atoms with Crippen LogP contribution in [-0.2, 0) is 21.2 Å². The molecule has 1 atom stereocenters. The van der Waals surface area contributed by atoms with Gasteiger partial charge in [0.2, 0.25) is 15.9 Å². The van der Waals surface area contributed by atoms with Crippen LogP contribution in [0.15, 0.2) is 48.5 Å². The van der Waals surface area contributed by atoms with Gasteiger partial charge in [0.05, 0.1) is 25.1 Å². The summed E-state index contributed by atoms with van der Waals surface area (Å²) in [5, 5.41) is 3.00. The molecule has 3 rings (SSSR count). The second kappa shape index (κ2) is 8.00. The van der Waals surface area contributed by atoms with Crippen molar-refractivity contribution in [2.75, 3.05) is 24.2 Å². The monoisotopic (exact) mass is 388 g/mol. The van der Waals surface area contributed by atoms with Crippen LogP contribution in [0.1, 0.15) is 30.0 Å². The highest BCUT2D eigenvalue weighted by molar-refractivity contribution is 7.92. The second-order valence-electron chi connectivity index (χ2n) is 6.68. The number of hydrogen-bond donors (Lipinski definition) is 1. The SMILES string of the molecule is COc1ccc2c(c1)CCCC2NC(=O)CN(c1ccccc1)S(C)(=O)=O. The minimum absolute atomic E-state index is 0.121. The minimum atomic E-state index is -3.57. The number of methoxy groups -OCH3 is 1. The predicted octanol–water partition coefficient (Wildman–Crippen LogP) is 2.66. The van der Waals surface area contributed by atoms with E-state index < -0.39 is 10.0 Å². The Labute approximate surface area is 160 Å². The van der Waals surface area contributed by atoms with Crippen LogP contribution in [0.25, 0.3) is 0 Å². The lowest BCUT2D eigenvalue weighted by molar-refractivity contribution is -0.120. The molecule has 6 nitrogen and oxygen atoms in total. The molecule has 144 valence electrons. The third-order valence-electron chi connectivity index (χ3n) is 4.73. The van der Waals surface area contributed by atoms with E-state index in [0.29, 0.717) is 5.69 Å². The number of anilines is 1. The van der Waals surface area contributed by atoms with Crippen molar-refractivity contribution in [3.63, 3.8) is 0 Å². The minimum Gasteiger partial charge on any atom is -0.497 e. The summed E-state index contributed by atoms with van der Waals surface area (Å²) in [5.41, 5.74) is 2.71. The van der Waals surface area contributed by atoms with Gasteiger partial charge in [0.1, 0.15) is 12.3 Å². The molecule has 1 amide bonds. The molecule has 2 aromatic carbocycles. The first kappa shape index (κ1) is 19.2. The van der Waals surface area contributed by atoms with Gasteiger partial charge in [-0.15, -0.1) is 0 Å². The van der Waals surface area contributed by atoms with Crippen molar-refractivity contribution in [1.29, 1.82) is 0 Å². The smallest absolute Gasteiger partial charge is 0.241 e. The Morgan fingerprint density at radius 2 is 1.96 bits per heavy atom. The van der Waals surface area contributed by atoms with Crippen molar-refractivity contribution < 1.29 is 17.9 Å². The number of sulfonamides is 1. The summed E-state index contributed by atoms with van der Waals surface area (Å²) in [6.07, 6.45) is 3.84. The van der Waals surface area contributed by atoms with Crippen molar-refractivity contribution in [3.05, 3.63) is 59.7 Å². The quantitative estimate of drug-likeness (QED) is 0.825. The second-order valence-corrected chi connectivity index (χ2v) is 8.59. The van der Waals surface area contributed by atoms with Gasteiger partial charge in [0.25, 0.3) is 0 Å². The molecule has 0 saturated carbocycles. The fourth-order valence-corrected chi connectivity index (χ4v) is 4.29. The Morgan fingerprint density at radius 3 is 2.63 bits per heavy atom. The molecule has 0 fully saturated rings. The Balaban J connectivity index is 1.76. The number of hydrogen-bond acceptors (Lipinski definition) is 4. The van der Waals surface area contributed by atoms with E-state index in [4.69, 9.17) is 4.74 Å². The fourth-order valence-electron chi connectivity index (χ4n) is 3.43. The van der Waals surface area contributed by atoms with E-state index in [1.54, 1.807) is 37.4 Å². The van der Waals surface area contributed by atoms with E-state index in [0.717, 1.165) is 46.7 Å². The fraction of sp³-hybridized carbons (Fsp3) is 0.350. The number of amides is 1. The number of nitrogens with one attached hydrogen (secondary N) is 1. The van der Waals surface area contributed by atoms with Crippen LogP contribution in [-0.4, -0.2) is 34.2 Å². The average Bonchev–Trinajstić information content (AvgIpc) is 2.65. The zero-order valence-electron chi connectivity index (χ0n) is 15.5. The summed E-state index contributed by atoms with van der Waals surface area (Å²) in [5.74, 6) is 0.478. The summed E-state index contributed by atoms with van der Waals surface area (Å²) in [6.45, 7) is -0.245. The Kier molecular flexibility index (Phi) is 5.70. The third-order valence-corrected chi connectivity index (χ3v) is 5.87. The maximum absolute atomic E-state index is 12.6. The molecule has 1 N–H and O–H groups in total. The van der Waals surface area contributed by atoms with Gasteiger partial charge in [-0.25, -0.2) is 8.42 Å². The third kappa shape index (κ3) is 4.60. The van der Waals surface area contributed by atoms with Gasteiger partial charge in [-0.1, -0.05) is 24.3 Å². The highest BCUT2D eigenvalue weighted by atomic mass is 32.2. The van der Waals surface area contributed by atoms with Crippen LogP contribution in [0.2, 0.25) is 0 Å². The first-order valence-electron chi connectivity index (χ1n) is 8.87. The lowest BCUT2D eigenvalue weighted by atomic mass is 9.87. The van der Waals surface area contributed by atoms with E-state index >= 15 is 0 Å². The standard InChI is InChI=1S/C20H24N2O4S/c1-26-17-11-12-18-15(13-17)7-6-10-19(18)21-20(23)14-22(27(2,24)25)16-8-4-3-5-9-16/h3-5,8-9,11-13,19H,6-7,10,14H2,1-2H3,(H,21,23). The molecule has 2 aromatic rings. The largest absolute Gasteiger partial charge is 0.497 e. The van der Waals surface area contributed by atoms with Gasteiger partial charge in [-0.2, -0.15) is 0 Å². The highest BCUT2D eigenvalue weighted by Crippen LogP contribution is 2.32. The molecule has 27 heavy (non-hydrogen) atoms. The molecule has 0 spiro atoms. The molecule has 0 heterocycles. The summed E-state index contributed by atoms with van der Waals surface area (Å²) in [7, 11) is -1.94. The molecule has 1 aliphatic carbocycles. The van der Waals surface area contributed by atoms with E-state index in [-0.39, 0.29) is 18.5 Å². The number of aryl methyl sites for hydroxylation is 1. The van der Waals surface area contributed by atoms with E-state index in [2.05, 4.69) is 5.32 Å². The van der Waals surface area contributed by atoms with Crippen LogP contribution in [0.5, 0.6) is 5.75 Å². The van der Waals surface area contributed by atoms with E-state index in [9.17, 15) is 13.2 Å². The number of nitrogens with zero attached hydrogens (tertiary/aromatic N) is 1. The number of carbonyl (C=O) groups excluding carboxylic acids is 1. The van der Waals surface area contributed by atoms with Gasteiger partial charge < -0.3 is 10.1 Å². The summed E-state index contributed by atoms with van der Waals surface area (Å²) in [6, 6.07) is 14.4. The zero-order chi connectivity index (χ0) is 19.4. The van der Waals surface area contributed by atoms with Crippen LogP contribution < -0.4 is 14.4 Å². The molecular weight excluding hydrogens is 364 g/mol. The molecule has 0 radical (unpaired) electrons. The molecule has 0 saturated heterocycles. The van der Waals surface area contributed by atoms with Gasteiger partial charge in [-0.05, 0) is 54.7 Å². The molecule has 0 bridgehead atoms. The number of carbonyl (C=O) groups is 1. The molecular formula is C20H24N2O4S. The number of ether oxygens (including phenoxy) is 1. The van der Waals surface area contributed by atoms with Gasteiger partial charge in [0.15, 0.2) is 0 Å². The van der Waals surface area contributed by atoms with Gasteiger partial charge in [-0.3, -0.25) is 9.10 Å². The first-order chi connectivity index (χ1) is 12.9. The maximum atomic E-state index is 12.6. The molecule has 1 unspecified atom stereocenters. The number of rotatable bonds is 6. The van der Waals surface area contributed by atoms with Crippen LogP contribution in [0.4, 0.5) is 5.69 Å². The Morgan fingerprint density at radius 1 is 1.22 bits per heavy atom. The summed E-state index contributed by atoms with van der Waals surface area (Å²) < 4.78 is 30.7.